The number of rotatable bonds is 1. The second-order valence-electron chi connectivity index (χ2n) is 8.36. The number of carbonyl (C=O) groups excluding carboxylic acids is 1. The molecule has 1 aromatic heterocycles. The van der Waals surface area contributed by atoms with Gasteiger partial charge in [-0.3, -0.25) is 0 Å². The minimum absolute atomic E-state index is 0.397. The van der Waals surface area contributed by atoms with Gasteiger partial charge in [0, 0.05) is 0 Å². The molecule has 0 atom stereocenters. The lowest BCUT2D eigenvalue weighted by molar-refractivity contribution is 0.00578. The molecule has 0 saturated carbocycles. The van der Waals surface area contributed by atoms with Gasteiger partial charge in [-0.05, 0) is 60.6 Å². The lowest BCUT2D eigenvalue weighted by atomic mass is 9.89. The molecule has 25 heavy (non-hydrogen) atoms. The monoisotopic (exact) mass is 344 g/mol. The average Bonchev–Trinajstić information content (AvgIpc) is 2.92. The van der Waals surface area contributed by atoms with Crippen LogP contribution in [0.25, 0.3) is 11.0 Å². The maximum atomic E-state index is 12.8. The van der Waals surface area contributed by atoms with E-state index in [2.05, 4.69) is 4.98 Å². The van der Waals surface area contributed by atoms with Crippen LogP contribution >= 0.6 is 0 Å². The van der Waals surface area contributed by atoms with Crippen molar-refractivity contribution in [1.82, 2.24) is 9.55 Å². The standard InChI is InChI=1S/C18H25BN2O4/c1-16(2,3)23-15(22)21-13-11-9-8-10-12(13)20-14(21)19-24-17(4,5)18(6,7)25-19/h8-11H,1-7H3. The SMILES string of the molecule is CC(C)(C)OC(=O)n1c(B2OC(C)(C)C(C)(C)O2)nc2ccccc21. The molecule has 1 aliphatic rings. The van der Waals surface area contributed by atoms with Crippen LogP contribution in [0.15, 0.2) is 24.3 Å². The quantitative estimate of drug-likeness (QED) is 0.744. The molecule has 7 heteroatoms. The Bertz CT molecular complexity index is 804. The number of benzene rings is 1. The first-order chi connectivity index (χ1) is 11.4. The molecule has 0 radical (unpaired) electrons. The maximum Gasteiger partial charge on any atom is 0.533 e. The molecule has 0 amide bonds. The van der Waals surface area contributed by atoms with E-state index in [0.717, 1.165) is 0 Å². The Labute approximate surface area is 148 Å². The fourth-order valence-corrected chi connectivity index (χ4v) is 2.65. The van der Waals surface area contributed by atoms with Crippen LogP contribution in [0.5, 0.6) is 0 Å². The molecule has 3 rings (SSSR count). The minimum Gasteiger partial charge on any atom is -0.443 e. The van der Waals surface area contributed by atoms with Crippen molar-refractivity contribution in [3.63, 3.8) is 0 Å². The number of imidazole rings is 1. The van der Waals surface area contributed by atoms with Crippen LogP contribution in [-0.2, 0) is 14.0 Å². The molecular formula is C18H25BN2O4. The van der Waals surface area contributed by atoms with E-state index in [1.54, 1.807) is 0 Å². The van der Waals surface area contributed by atoms with E-state index in [-0.39, 0.29) is 0 Å². The molecule has 6 nitrogen and oxygen atoms in total. The Balaban J connectivity index is 2.10. The summed E-state index contributed by atoms with van der Waals surface area (Å²) in [4.78, 5) is 17.4. The van der Waals surface area contributed by atoms with Crippen molar-refractivity contribution in [3.05, 3.63) is 24.3 Å². The van der Waals surface area contributed by atoms with Crippen LogP contribution in [0, 0.1) is 0 Å². The van der Waals surface area contributed by atoms with Gasteiger partial charge in [0.05, 0.1) is 22.2 Å². The Hall–Kier alpha value is -1.86. The van der Waals surface area contributed by atoms with Crippen molar-refractivity contribution < 1.29 is 18.8 Å². The van der Waals surface area contributed by atoms with Gasteiger partial charge in [-0.25, -0.2) is 14.3 Å². The summed E-state index contributed by atoms with van der Waals surface area (Å²) in [6.45, 7) is 13.4. The van der Waals surface area contributed by atoms with E-state index in [1.807, 2.05) is 72.7 Å². The average molecular weight is 344 g/mol. The van der Waals surface area contributed by atoms with Gasteiger partial charge >= 0.3 is 13.2 Å². The van der Waals surface area contributed by atoms with Crippen molar-refractivity contribution in [2.45, 2.75) is 65.3 Å². The van der Waals surface area contributed by atoms with Gasteiger partial charge in [-0.1, -0.05) is 12.1 Å². The van der Waals surface area contributed by atoms with Crippen LogP contribution in [0.4, 0.5) is 4.79 Å². The molecule has 1 fully saturated rings. The van der Waals surface area contributed by atoms with E-state index in [0.29, 0.717) is 16.8 Å². The predicted octanol–water partition coefficient (Wildman–Crippen LogP) is 3.12. The second kappa shape index (κ2) is 5.57. The molecule has 0 spiro atoms. The highest BCUT2D eigenvalue weighted by Crippen LogP contribution is 2.36. The number of fused-ring (bicyclic) bond motifs is 1. The summed E-state index contributed by atoms with van der Waals surface area (Å²) in [6.07, 6.45) is -0.495. The van der Waals surface area contributed by atoms with Gasteiger partial charge in [-0.2, -0.15) is 0 Å². The number of ether oxygens (including phenoxy) is 1. The van der Waals surface area contributed by atoms with Crippen LogP contribution < -0.4 is 5.72 Å². The van der Waals surface area contributed by atoms with E-state index in [4.69, 9.17) is 14.0 Å². The van der Waals surface area contributed by atoms with Gasteiger partial charge in [0.2, 0.25) is 0 Å². The molecule has 0 aliphatic carbocycles. The van der Waals surface area contributed by atoms with Crippen LogP contribution in [0.3, 0.4) is 0 Å². The lowest BCUT2D eigenvalue weighted by Gasteiger charge is -2.32. The minimum atomic E-state index is -0.745. The molecule has 0 N–H and O–H groups in total. The van der Waals surface area contributed by atoms with E-state index >= 15 is 0 Å². The third kappa shape index (κ3) is 3.18. The number of aromatic nitrogens is 2. The number of hydrogen-bond donors (Lipinski definition) is 0. The highest BCUT2D eigenvalue weighted by molar-refractivity contribution is 6.61. The third-order valence-corrected chi connectivity index (χ3v) is 4.63. The molecule has 1 aliphatic heterocycles. The zero-order chi connectivity index (χ0) is 18.6. The molecule has 0 unspecified atom stereocenters. The zero-order valence-corrected chi connectivity index (χ0v) is 15.9. The summed E-state index contributed by atoms with van der Waals surface area (Å²) < 4.78 is 19.2. The van der Waals surface area contributed by atoms with Gasteiger partial charge in [0.25, 0.3) is 0 Å². The first kappa shape index (κ1) is 18.0. The van der Waals surface area contributed by atoms with Gasteiger partial charge in [0.15, 0.2) is 5.72 Å². The molecule has 0 bridgehead atoms. The predicted molar refractivity (Wildman–Crippen MR) is 97.1 cm³/mol. The second-order valence-corrected chi connectivity index (χ2v) is 8.36. The highest BCUT2D eigenvalue weighted by atomic mass is 16.7. The van der Waals surface area contributed by atoms with Crippen molar-refractivity contribution in [3.8, 4) is 0 Å². The van der Waals surface area contributed by atoms with Crippen LogP contribution in [0.1, 0.15) is 48.5 Å². The largest absolute Gasteiger partial charge is 0.533 e. The third-order valence-electron chi connectivity index (χ3n) is 4.63. The summed E-state index contributed by atoms with van der Waals surface area (Å²) >= 11 is 0. The molecule has 1 aromatic carbocycles. The molecular weight excluding hydrogens is 319 g/mol. The normalized spacial score (nSPS) is 19.4. The van der Waals surface area contributed by atoms with Gasteiger partial charge in [-0.15, -0.1) is 0 Å². The van der Waals surface area contributed by atoms with Crippen molar-refractivity contribution >= 4 is 30.0 Å². The summed E-state index contributed by atoms with van der Waals surface area (Å²) in [5.41, 5.74) is 0.104. The first-order valence-corrected chi connectivity index (χ1v) is 8.48. The Morgan fingerprint density at radius 2 is 1.68 bits per heavy atom. The zero-order valence-electron chi connectivity index (χ0n) is 15.9. The fourth-order valence-electron chi connectivity index (χ4n) is 2.65. The van der Waals surface area contributed by atoms with Crippen molar-refractivity contribution in [2.24, 2.45) is 0 Å². The van der Waals surface area contributed by atoms with Crippen molar-refractivity contribution in [1.29, 1.82) is 0 Å². The van der Waals surface area contributed by atoms with Crippen LogP contribution in [0.2, 0.25) is 0 Å². The summed E-state index contributed by atoms with van der Waals surface area (Å²) in [5, 5.41) is 0. The Morgan fingerprint density at radius 3 is 2.24 bits per heavy atom. The highest BCUT2D eigenvalue weighted by Gasteiger charge is 2.54. The fraction of sp³-hybridized carbons (Fsp3) is 0.556. The summed E-state index contributed by atoms with van der Waals surface area (Å²) in [7, 11) is -0.745. The lowest BCUT2D eigenvalue weighted by Crippen LogP contribution is -2.44. The molecule has 2 aromatic rings. The Kier molecular flexibility index (Phi) is 4.00. The van der Waals surface area contributed by atoms with Gasteiger partial charge in [0.1, 0.15) is 5.60 Å². The Morgan fingerprint density at radius 1 is 1.12 bits per heavy atom. The van der Waals surface area contributed by atoms with E-state index in [1.165, 1.54) is 4.57 Å². The maximum absolute atomic E-state index is 12.8. The first-order valence-electron chi connectivity index (χ1n) is 8.48. The van der Waals surface area contributed by atoms with Crippen LogP contribution in [-0.4, -0.2) is 39.6 Å². The number of nitrogens with zero attached hydrogens (tertiary/aromatic N) is 2. The molecule has 2 heterocycles. The number of hydrogen-bond acceptors (Lipinski definition) is 5. The summed E-state index contributed by atoms with van der Waals surface area (Å²) in [6, 6.07) is 7.42. The van der Waals surface area contributed by atoms with Crippen molar-refractivity contribution in [2.75, 3.05) is 0 Å². The molecule has 134 valence electrons. The number of carbonyl (C=O) groups is 1. The smallest absolute Gasteiger partial charge is 0.443 e. The summed E-state index contributed by atoms with van der Waals surface area (Å²) in [5.74, 6) is 0. The number of para-hydroxylation sites is 2. The van der Waals surface area contributed by atoms with E-state index in [9.17, 15) is 4.79 Å². The van der Waals surface area contributed by atoms with Gasteiger partial charge < -0.3 is 14.0 Å². The topological polar surface area (TPSA) is 62.6 Å². The van der Waals surface area contributed by atoms with E-state index < -0.39 is 30.0 Å². The molecule has 1 saturated heterocycles.